The van der Waals surface area contributed by atoms with E-state index in [0.29, 0.717) is 17.9 Å². The number of hydrogen-bond acceptors (Lipinski definition) is 3. The van der Waals surface area contributed by atoms with Gasteiger partial charge in [0.1, 0.15) is 0 Å². The first-order valence-corrected chi connectivity index (χ1v) is 9.64. The van der Waals surface area contributed by atoms with Gasteiger partial charge in [-0.3, -0.25) is 0 Å². The Morgan fingerprint density at radius 1 is 1.18 bits per heavy atom. The Labute approximate surface area is 141 Å². The molecule has 0 fully saturated rings. The van der Waals surface area contributed by atoms with Crippen LogP contribution >= 0.6 is 15.9 Å². The van der Waals surface area contributed by atoms with Crippen molar-refractivity contribution >= 4 is 26.0 Å². The Hall–Kier alpha value is -0.900. The van der Waals surface area contributed by atoms with Crippen molar-refractivity contribution in [3.63, 3.8) is 0 Å². The van der Waals surface area contributed by atoms with Crippen LogP contribution in [0, 0.1) is 23.2 Å². The second-order valence-electron chi connectivity index (χ2n) is 6.38. The van der Waals surface area contributed by atoms with E-state index in [0.717, 1.165) is 22.0 Å². The molecule has 0 aliphatic carbocycles. The van der Waals surface area contributed by atoms with Crippen molar-refractivity contribution < 1.29 is 8.42 Å². The molecule has 1 aromatic rings. The average Bonchev–Trinajstić information content (AvgIpc) is 2.34. The fourth-order valence-corrected chi connectivity index (χ4v) is 4.03. The van der Waals surface area contributed by atoms with Crippen molar-refractivity contribution in [3.05, 3.63) is 27.2 Å². The normalized spacial score (nSPS) is 12.0. The first-order valence-electron chi connectivity index (χ1n) is 7.30. The third kappa shape index (κ3) is 4.80. The Bertz CT molecular complexity index is 689. The van der Waals surface area contributed by atoms with Crippen molar-refractivity contribution in [1.29, 1.82) is 5.26 Å². The van der Waals surface area contributed by atoms with E-state index in [1.54, 1.807) is 6.07 Å². The summed E-state index contributed by atoms with van der Waals surface area (Å²) in [6, 6.07) is 3.80. The lowest BCUT2D eigenvalue weighted by atomic mass is 9.92. The van der Waals surface area contributed by atoms with E-state index in [2.05, 4.69) is 35.8 Å². The lowest BCUT2D eigenvalue weighted by Crippen LogP contribution is -2.18. The molecule has 6 heteroatoms. The van der Waals surface area contributed by atoms with E-state index < -0.39 is 10.0 Å². The van der Waals surface area contributed by atoms with E-state index in [1.165, 1.54) is 0 Å². The third-order valence-electron chi connectivity index (χ3n) is 3.32. The molecule has 122 valence electrons. The molecule has 0 saturated heterocycles. The summed E-state index contributed by atoms with van der Waals surface area (Å²) in [5, 5.41) is 14.5. The minimum absolute atomic E-state index is 0.158. The number of primary sulfonamides is 1. The molecule has 0 aliphatic heterocycles. The maximum absolute atomic E-state index is 12.0. The standard InChI is InChI=1S/C16H23BrN2O2S/c1-10(2)7-12-9-15(22(19,20)21)14(8-11(3)4)13(5-6-18)16(12)17/h9-11H,5,7-8H2,1-4H3,(H2,19,20,21). The lowest BCUT2D eigenvalue weighted by molar-refractivity contribution is 0.589. The largest absolute Gasteiger partial charge is 0.238 e. The highest BCUT2D eigenvalue weighted by Gasteiger charge is 2.23. The number of rotatable bonds is 6. The van der Waals surface area contributed by atoms with Crippen LogP contribution in [0.25, 0.3) is 0 Å². The molecule has 0 spiro atoms. The third-order valence-corrected chi connectivity index (χ3v) is 5.28. The molecule has 0 heterocycles. The van der Waals surface area contributed by atoms with Gasteiger partial charge in [-0.05, 0) is 47.4 Å². The van der Waals surface area contributed by atoms with E-state index >= 15 is 0 Å². The molecule has 0 aliphatic rings. The predicted molar refractivity (Wildman–Crippen MR) is 91.9 cm³/mol. The zero-order chi connectivity index (χ0) is 17.1. The minimum atomic E-state index is -3.83. The summed E-state index contributed by atoms with van der Waals surface area (Å²) < 4.78 is 24.9. The molecular formula is C16H23BrN2O2S. The number of hydrogen-bond donors (Lipinski definition) is 1. The van der Waals surface area contributed by atoms with Crippen LogP contribution in [0.5, 0.6) is 0 Å². The maximum Gasteiger partial charge on any atom is 0.238 e. The van der Waals surface area contributed by atoms with Crippen LogP contribution in [0.15, 0.2) is 15.4 Å². The lowest BCUT2D eigenvalue weighted by Gasteiger charge is -2.19. The maximum atomic E-state index is 12.0. The van der Waals surface area contributed by atoms with Crippen LogP contribution in [-0.2, 0) is 29.3 Å². The topological polar surface area (TPSA) is 84.0 Å². The van der Waals surface area contributed by atoms with Gasteiger partial charge in [-0.25, -0.2) is 13.6 Å². The highest BCUT2D eigenvalue weighted by atomic mass is 79.9. The quantitative estimate of drug-likeness (QED) is 0.810. The molecule has 0 bridgehead atoms. The first-order chi connectivity index (χ1) is 10.1. The van der Waals surface area contributed by atoms with Gasteiger partial charge in [0.15, 0.2) is 0 Å². The molecule has 0 radical (unpaired) electrons. The highest BCUT2D eigenvalue weighted by molar-refractivity contribution is 9.10. The number of nitrogens with zero attached hydrogens (tertiary/aromatic N) is 1. The van der Waals surface area contributed by atoms with Gasteiger partial charge in [0.25, 0.3) is 0 Å². The number of sulfonamides is 1. The number of benzene rings is 1. The van der Waals surface area contributed by atoms with Gasteiger partial charge in [0, 0.05) is 4.47 Å². The molecule has 0 saturated carbocycles. The minimum Gasteiger partial charge on any atom is -0.225 e. The second-order valence-corrected chi connectivity index (χ2v) is 8.70. The summed E-state index contributed by atoms with van der Waals surface area (Å²) in [5.41, 5.74) is 2.30. The monoisotopic (exact) mass is 386 g/mol. The Morgan fingerprint density at radius 3 is 2.14 bits per heavy atom. The fraction of sp³-hybridized carbons (Fsp3) is 0.562. The van der Waals surface area contributed by atoms with Gasteiger partial charge in [-0.15, -0.1) is 0 Å². The zero-order valence-electron chi connectivity index (χ0n) is 13.5. The Balaban J connectivity index is 3.71. The van der Waals surface area contributed by atoms with E-state index in [1.807, 2.05) is 13.8 Å². The zero-order valence-corrected chi connectivity index (χ0v) is 15.9. The summed E-state index contributed by atoms with van der Waals surface area (Å²) >= 11 is 3.57. The average molecular weight is 387 g/mol. The van der Waals surface area contributed by atoms with Crippen LogP contribution in [0.1, 0.15) is 44.4 Å². The molecule has 0 amide bonds. The highest BCUT2D eigenvalue weighted by Crippen LogP contribution is 2.33. The Kier molecular flexibility index (Phi) is 6.60. The van der Waals surface area contributed by atoms with Gasteiger partial charge in [0.2, 0.25) is 10.0 Å². The van der Waals surface area contributed by atoms with Crippen LogP contribution in [0.2, 0.25) is 0 Å². The molecule has 1 rings (SSSR count). The van der Waals surface area contributed by atoms with Crippen LogP contribution in [-0.4, -0.2) is 8.42 Å². The van der Waals surface area contributed by atoms with Crippen LogP contribution in [0.4, 0.5) is 0 Å². The second kappa shape index (κ2) is 7.58. The van der Waals surface area contributed by atoms with Gasteiger partial charge in [-0.2, -0.15) is 5.26 Å². The smallest absolute Gasteiger partial charge is 0.225 e. The van der Waals surface area contributed by atoms with Crippen molar-refractivity contribution in [3.8, 4) is 6.07 Å². The van der Waals surface area contributed by atoms with E-state index in [4.69, 9.17) is 10.4 Å². The van der Waals surface area contributed by atoms with Gasteiger partial charge in [-0.1, -0.05) is 43.6 Å². The predicted octanol–water partition coefficient (Wildman–Crippen LogP) is 3.56. The number of nitrogens with two attached hydrogens (primary N) is 1. The van der Waals surface area contributed by atoms with Gasteiger partial charge < -0.3 is 0 Å². The van der Waals surface area contributed by atoms with Crippen LogP contribution < -0.4 is 5.14 Å². The summed E-state index contributed by atoms with van der Waals surface area (Å²) in [4.78, 5) is 0.158. The number of halogens is 1. The Morgan fingerprint density at radius 2 is 1.73 bits per heavy atom. The molecule has 0 atom stereocenters. The fourth-order valence-electron chi connectivity index (χ4n) is 2.52. The van der Waals surface area contributed by atoms with Crippen molar-refractivity contribution in [2.75, 3.05) is 0 Å². The van der Waals surface area contributed by atoms with Crippen molar-refractivity contribution in [2.45, 2.75) is 51.9 Å². The van der Waals surface area contributed by atoms with Crippen LogP contribution in [0.3, 0.4) is 0 Å². The molecule has 4 nitrogen and oxygen atoms in total. The SMILES string of the molecule is CC(C)Cc1cc(S(N)(=O)=O)c(CC(C)C)c(CC#N)c1Br. The molecular weight excluding hydrogens is 364 g/mol. The first kappa shape index (κ1) is 19.1. The summed E-state index contributed by atoms with van der Waals surface area (Å²) in [6.07, 6.45) is 1.46. The molecule has 0 unspecified atom stereocenters. The van der Waals surface area contributed by atoms with E-state index in [9.17, 15) is 8.42 Å². The van der Waals surface area contributed by atoms with Gasteiger partial charge in [0.05, 0.1) is 17.4 Å². The van der Waals surface area contributed by atoms with Gasteiger partial charge >= 0.3 is 0 Å². The number of nitriles is 1. The molecule has 1 aromatic carbocycles. The summed E-state index contributed by atoms with van der Waals surface area (Å²) in [7, 11) is -3.83. The molecule has 2 N–H and O–H groups in total. The van der Waals surface area contributed by atoms with E-state index in [-0.39, 0.29) is 17.2 Å². The van der Waals surface area contributed by atoms with Crippen molar-refractivity contribution in [1.82, 2.24) is 0 Å². The summed E-state index contributed by atoms with van der Waals surface area (Å²) in [5.74, 6) is 0.635. The molecule has 22 heavy (non-hydrogen) atoms. The van der Waals surface area contributed by atoms with Crippen molar-refractivity contribution in [2.24, 2.45) is 17.0 Å². The molecule has 0 aromatic heterocycles. The summed E-state index contributed by atoms with van der Waals surface area (Å²) in [6.45, 7) is 8.15.